The lowest BCUT2D eigenvalue weighted by Crippen LogP contribution is -2.50. The molecule has 0 rings (SSSR count). The summed E-state index contributed by atoms with van der Waals surface area (Å²) in [7, 11) is 0. The van der Waals surface area contributed by atoms with Crippen molar-refractivity contribution in [2.75, 3.05) is 13.1 Å². The number of hydrogen-bond acceptors (Lipinski definition) is 2. The van der Waals surface area contributed by atoms with Gasteiger partial charge in [0.2, 0.25) is 0 Å². The summed E-state index contributed by atoms with van der Waals surface area (Å²) in [6.07, 6.45) is -5.57. The van der Waals surface area contributed by atoms with E-state index in [4.69, 9.17) is 4.74 Å². The van der Waals surface area contributed by atoms with Gasteiger partial charge in [0.15, 0.2) is 0 Å². The van der Waals surface area contributed by atoms with Crippen LogP contribution in [0.1, 0.15) is 47.0 Å². The van der Waals surface area contributed by atoms with Crippen LogP contribution in [-0.2, 0) is 4.74 Å². The average molecular weight is 319 g/mol. The van der Waals surface area contributed by atoms with Crippen LogP contribution in [0.3, 0.4) is 0 Å². The summed E-state index contributed by atoms with van der Waals surface area (Å²) in [5, 5.41) is 0. The molecular weight excluding hydrogens is 297 g/mol. The number of carbonyl (C=O) groups excluding carboxylic acids is 1. The third-order valence-electron chi connectivity index (χ3n) is 3.06. The number of halogens is 5. The van der Waals surface area contributed by atoms with E-state index in [1.54, 1.807) is 27.7 Å². The Morgan fingerprint density at radius 3 is 2.00 bits per heavy atom. The Morgan fingerprint density at radius 2 is 1.62 bits per heavy atom. The van der Waals surface area contributed by atoms with Crippen molar-refractivity contribution in [2.24, 2.45) is 0 Å². The molecule has 0 aromatic rings. The molecule has 0 N–H and O–H groups in total. The van der Waals surface area contributed by atoms with Crippen molar-refractivity contribution in [1.29, 1.82) is 0 Å². The zero-order valence-electron chi connectivity index (χ0n) is 12.7. The molecule has 8 heteroatoms. The van der Waals surface area contributed by atoms with E-state index < -0.39 is 30.3 Å². The van der Waals surface area contributed by atoms with Crippen LogP contribution in [0.15, 0.2) is 0 Å². The second kappa shape index (κ2) is 7.26. The average Bonchev–Trinajstić information content (AvgIpc) is 2.32. The fourth-order valence-electron chi connectivity index (χ4n) is 1.29. The summed E-state index contributed by atoms with van der Waals surface area (Å²) in [5.74, 6) is -4.96. The summed E-state index contributed by atoms with van der Waals surface area (Å²) >= 11 is 0. The second-order valence-corrected chi connectivity index (χ2v) is 5.46. The Bertz CT molecular complexity index is 342. The molecule has 1 amide bonds. The maximum absolute atomic E-state index is 13.1. The van der Waals surface area contributed by atoms with E-state index in [0.29, 0.717) is 24.2 Å². The molecule has 126 valence electrons. The number of alkyl halides is 5. The molecule has 0 radical (unpaired) electrons. The smallest absolute Gasteiger partial charge is 0.443 e. The highest BCUT2D eigenvalue weighted by atomic mass is 19.4. The van der Waals surface area contributed by atoms with Crippen LogP contribution in [0.4, 0.5) is 26.7 Å². The van der Waals surface area contributed by atoms with Crippen LogP contribution < -0.4 is 0 Å². The lowest BCUT2D eigenvalue weighted by Gasteiger charge is -2.31. The second-order valence-electron chi connectivity index (χ2n) is 5.46. The quantitative estimate of drug-likeness (QED) is 0.641. The van der Waals surface area contributed by atoms with E-state index in [1.807, 2.05) is 0 Å². The number of ether oxygens (including phenoxy) is 1. The third kappa shape index (κ3) is 6.48. The van der Waals surface area contributed by atoms with Crippen LogP contribution in [0, 0.1) is 0 Å². The molecule has 0 saturated carbocycles. The molecule has 3 nitrogen and oxygen atoms in total. The van der Waals surface area contributed by atoms with Gasteiger partial charge in [0.25, 0.3) is 0 Å². The maximum atomic E-state index is 13.1. The van der Waals surface area contributed by atoms with Gasteiger partial charge in [-0.05, 0) is 26.7 Å². The molecule has 0 atom stereocenters. The molecule has 0 aromatic carbocycles. The molecule has 0 aliphatic carbocycles. The van der Waals surface area contributed by atoms with Crippen LogP contribution in [-0.4, -0.2) is 41.8 Å². The lowest BCUT2D eigenvalue weighted by atomic mass is 10.1. The molecule has 0 unspecified atom stereocenters. The zero-order valence-corrected chi connectivity index (χ0v) is 12.7. The highest BCUT2D eigenvalue weighted by Crippen LogP contribution is 2.36. The van der Waals surface area contributed by atoms with E-state index in [9.17, 15) is 26.7 Å². The number of amides is 1. The predicted octanol–water partition coefficient (Wildman–Crippen LogP) is 4.61. The molecule has 0 spiro atoms. The van der Waals surface area contributed by atoms with Crippen molar-refractivity contribution < 1.29 is 31.5 Å². The third-order valence-corrected chi connectivity index (χ3v) is 3.06. The first-order valence-electron chi connectivity index (χ1n) is 6.78. The van der Waals surface area contributed by atoms with Crippen molar-refractivity contribution in [3.05, 3.63) is 0 Å². The van der Waals surface area contributed by atoms with Crippen molar-refractivity contribution in [3.63, 3.8) is 0 Å². The minimum atomic E-state index is -5.70. The normalized spacial score (nSPS) is 13.2. The first-order chi connectivity index (χ1) is 9.36. The van der Waals surface area contributed by atoms with Crippen LogP contribution in [0.5, 0.6) is 0 Å². The Hall–Kier alpha value is -1.08. The first kappa shape index (κ1) is 19.9. The van der Waals surface area contributed by atoms with Gasteiger partial charge in [-0.2, -0.15) is 22.0 Å². The van der Waals surface area contributed by atoms with Crippen LogP contribution >= 0.6 is 0 Å². The molecule has 0 fully saturated rings. The Morgan fingerprint density at radius 1 is 1.10 bits per heavy atom. The van der Waals surface area contributed by atoms with Gasteiger partial charge < -0.3 is 9.64 Å². The number of carbonyl (C=O) groups is 1. The monoisotopic (exact) mass is 319 g/mol. The van der Waals surface area contributed by atoms with Gasteiger partial charge in [-0.25, -0.2) is 4.79 Å². The van der Waals surface area contributed by atoms with Crippen molar-refractivity contribution >= 4 is 6.09 Å². The number of rotatable bonds is 7. The SMILES string of the molecule is CCCCN(CC(F)(F)C(F)(F)F)C(=O)OC(C)(C)CC. The van der Waals surface area contributed by atoms with Gasteiger partial charge in [0.1, 0.15) is 5.60 Å². The summed E-state index contributed by atoms with van der Waals surface area (Å²) in [4.78, 5) is 12.3. The fraction of sp³-hybridized carbons (Fsp3) is 0.923. The van der Waals surface area contributed by atoms with E-state index in [0.717, 1.165) is 0 Å². The highest BCUT2D eigenvalue weighted by Gasteiger charge is 2.58. The Labute approximate surface area is 121 Å². The molecular formula is C13H22F5NO2. The minimum Gasteiger partial charge on any atom is -0.443 e. The molecule has 0 aliphatic rings. The Kier molecular flexibility index (Phi) is 6.89. The van der Waals surface area contributed by atoms with Gasteiger partial charge in [0.05, 0.1) is 6.54 Å². The maximum Gasteiger partial charge on any atom is 0.455 e. The largest absolute Gasteiger partial charge is 0.455 e. The van der Waals surface area contributed by atoms with Crippen LogP contribution in [0.25, 0.3) is 0 Å². The molecule has 0 heterocycles. The summed E-state index contributed by atoms with van der Waals surface area (Å²) < 4.78 is 68.0. The van der Waals surface area contributed by atoms with Gasteiger partial charge in [0, 0.05) is 6.54 Å². The van der Waals surface area contributed by atoms with Crippen molar-refractivity contribution in [1.82, 2.24) is 4.90 Å². The summed E-state index contributed by atoms with van der Waals surface area (Å²) in [6.45, 7) is 4.64. The Balaban J connectivity index is 5.00. The number of hydrogen-bond donors (Lipinski definition) is 0. The predicted molar refractivity (Wildman–Crippen MR) is 68.3 cm³/mol. The highest BCUT2D eigenvalue weighted by molar-refractivity contribution is 5.68. The first-order valence-corrected chi connectivity index (χ1v) is 6.78. The molecule has 0 bridgehead atoms. The zero-order chi connectivity index (χ0) is 16.9. The molecule has 21 heavy (non-hydrogen) atoms. The van der Waals surface area contributed by atoms with Crippen molar-refractivity contribution in [2.45, 2.75) is 64.7 Å². The molecule has 0 aliphatic heterocycles. The minimum absolute atomic E-state index is 0.208. The fourth-order valence-corrected chi connectivity index (χ4v) is 1.29. The molecule has 0 aromatic heterocycles. The lowest BCUT2D eigenvalue weighted by molar-refractivity contribution is -0.285. The van der Waals surface area contributed by atoms with Gasteiger partial charge in [-0.3, -0.25) is 0 Å². The van der Waals surface area contributed by atoms with Crippen LogP contribution in [0.2, 0.25) is 0 Å². The van der Waals surface area contributed by atoms with Gasteiger partial charge in [-0.1, -0.05) is 20.3 Å². The number of unbranched alkanes of at least 4 members (excludes halogenated alkanes) is 1. The van der Waals surface area contributed by atoms with E-state index >= 15 is 0 Å². The van der Waals surface area contributed by atoms with Gasteiger partial charge >= 0.3 is 18.2 Å². The molecule has 0 saturated heterocycles. The van der Waals surface area contributed by atoms with E-state index in [2.05, 4.69) is 0 Å². The summed E-state index contributed by atoms with van der Waals surface area (Å²) in [6, 6.07) is 0. The van der Waals surface area contributed by atoms with Crippen molar-refractivity contribution in [3.8, 4) is 0 Å². The summed E-state index contributed by atoms with van der Waals surface area (Å²) in [5.41, 5.74) is -0.922. The van der Waals surface area contributed by atoms with E-state index in [-0.39, 0.29) is 6.54 Å². The topological polar surface area (TPSA) is 29.5 Å². The van der Waals surface area contributed by atoms with Gasteiger partial charge in [-0.15, -0.1) is 0 Å². The number of nitrogens with zero attached hydrogens (tertiary/aromatic N) is 1. The standard InChI is InChI=1S/C13H22F5NO2/c1-5-7-8-19(9-12(14,15)13(16,17)18)10(20)21-11(3,4)6-2/h5-9H2,1-4H3. The van der Waals surface area contributed by atoms with E-state index in [1.165, 1.54) is 0 Å².